The SMILES string of the molecule is C.Cc1cc2cc(OC(C)(C)C)ccc2n1CCCCCCCCOC(=O)c1ccc[n+](C)c1. The van der Waals surface area contributed by atoms with Crippen molar-refractivity contribution >= 4 is 16.9 Å². The molecule has 1 aromatic carbocycles. The van der Waals surface area contributed by atoms with Crippen molar-refractivity contribution in [2.75, 3.05) is 6.61 Å². The smallest absolute Gasteiger partial charge is 0.344 e. The van der Waals surface area contributed by atoms with Gasteiger partial charge in [0, 0.05) is 29.2 Å². The summed E-state index contributed by atoms with van der Waals surface area (Å²) < 4.78 is 15.7. The Kier molecular flexibility index (Phi) is 10.2. The fourth-order valence-electron chi connectivity index (χ4n) is 4.14. The molecule has 0 aliphatic rings. The molecule has 0 N–H and O–H groups in total. The number of ether oxygens (including phenoxy) is 2. The van der Waals surface area contributed by atoms with E-state index in [9.17, 15) is 4.79 Å². The van der Waals surface area contributed by atoms with Gasteiger partial charge in [-0.15, -0.1) is 0 Å². The van der Waals surface area contributed by atoms with Crippen molar-refractivity contribution in [2.45, 2.75) is 85.8 Å². The van der Waals surface area contributed by atoms with Crippen molar-refractivity contribution in [2.24, 2.45) is 7.05 Å². The molecule has 0 radical (unpaired) electrons. The minimum Gasteiger partial charge on any atom is -0.488 e. The summed E-state index contributed by atoms with van der Waals surface area (Å²) in [6, 6.07) is 12.3. The highest BCUT2D eigenvalue weighted by molar-refractivity contribution is 5.88. The van der Waals surface area contributed by atoms with Crippen molar-refractivity contribution in [3.8, 4) is 5.75 Å². The van der Waals surface area contributed by atoms with E-state index in [0.29, 0.717) is 12.2 Å². The molecule has 5 nitrogen and oxygen atoms in total. The lowest BCUT2D eigenvalue weighted by atomic mass is 10.1. The summed E-state index contributed by atoms with van der Waals surface area (Å²) in [5.74, 6) is 0.688. The summed E-state index contributed by atoms with van der Waals surface area (Å²) in [5, 5.41) is 1.24. The average Bonchev–Trinajstić information content (AvgIpc) is 3.05. The number of hydrogen-bond acceptors (Lipinski definition) is 3. The number of unbranched alkanes of at least 4 members (excludes halogenated alkanes) is 5. The zero-order valence-electron chi connectivity index (χ0n) is 20.9. The van der Waals surface area contributed by atoms with Crippen molar-refractivity contribution in [1.29, 1.82) is 0 Å². The molecule has 0 saturated heterocycles. The largest absolute Gasteiger partial charge is 0.488 e. The molecule has 34 heavy (non-hydrogen) atoms. The molecule has 2 aromatic heterocycles. The molecular formula is C29H43N2O3+. The lowest BCUT2D eigenvalue weighted by Crippen LogP contribution is -2.28. The van der Waals surface area contributed by atoms with Gasteiger partial charge in [-0.05, 0) is 70.9 Å². The summed E-state index contributed by atoms with van der Waals surface area (Å²) in [5.41, 5.74) is 2.99. The number of benzene rings is 1. The molecule has 0 saturated carbocycles. The van der Waals surface area contributed by atoms with Crippen LogP contribution in [0.4, 0.5) is 0 Å². The molecule has 0 unspecified atom stereocenters. The van der Waals surface area contributed by atoms with E-state index in [4.69, 9.17) is 9.47 Å². The molecule has 0 aliphatic heterocycles. The van der Waals surface area contributed by atoms with Crippen LogP contribution in [0.1, 0.15) is 82.8 Å². The minimum atomic E-state index is -0.238. The van der Waals surface area contributed by atoms with Crippen molar-refractivity contribution < 1.29 is 18.8 Å². The Hall–Kier alpha value is -2.82. The predicted octanol–water partition coefficient (Wildman–Crippen LogP) is 6.79. The van der Waals surface area contributed by atoms with Gasteiger partial charge in [0.05, 0.1) is 6.61 Å². The number of aryl methyl sites for hydroxylation is 3. The first kappa shape index (κ1) is 27.4. The third-order valence-corrected chi connectivity index (χ3v) is 5.69. The molecule has 3 rings (SSSR count). The Labute approximate surface area is 205 Å². The van der Waals surface area contributed by atoms with Gasteiger partial charge in [0.1, 0.15) is 24.0 Å². The Balaban J connectivity index is 0.00000408. The maximum Gasteiger partial charge on any atom is 0.344 e. The van der Waals surface area contributed by atoms with E-state index in [-0.39, 0.29) is 19.0 Å². The van der Waals surface area contributed by atoms with Crippen molar-refractivity contribution in [3.05, 3.63) is 60.0 Å². The minimum absolute atomic E-state index is 0. The second kappa shape index (κ2) is 12.6. The highest BCUT2D eigenvalue weighted by atomic mass is 16.5. The van der Waals surface area contributed by atoms with Gasteiger partial charge in [0.2, 0.25) is 0 Å². The van der Waals surface area contributed by atoms with Gasteiger partial charge in [0.15, 0.2) is 12.4 Å². The molecule has 3 aromatic rings. The standard InChI is InChI=1S/C28H39N2O3.CH4/c1-22-19-24-20-25(33-28(2,3)4)14-15-26(24)30(22)17-10-8-6-7-9-11-18-32-27(31)23-13-12-16-29(5)21-23;/h12-16,19-21H,6-11,17-18H2,1-5H3;1H4/q+1;. The van der Waals surface area contributed by atoms with Crippen LogP contribution in [0.2, 0.25) is 0 Å². The van der Waals surface area contributed by atoms with Gasteiger partial charge in [-0.2, -0.15) is 0 Å². The Morgan fingerprint density at radius 2 is 1.71 bits per heavy atom. The summed E-state index contributed by atoms with van der Waals surface area (Å²) in [7, 11) is 1.90. The zero-order chi connectivity index (χ0) is 23.8. The number of pyridine rings is 1. The topological polar surface area (TPSA) is 44.3 Å². The summed E-state index contributed by atoms with van der Waals surface area (Å²) >= 11 is 0. The molecule has 0 bridgehead atoms. The van der Waals surface area contributed by atoms with Gasteiger partial charge in [-0.3, -0.25) is 0 Å². The summed E-state index contributed by atoms with van der Waals surface area (Å²) in [4.78, 5) is 12.0. The Morgan fingerprint density at radius 1 is 1.00 bits per heavy atom. The quantitative estimate of drug-likeness (QED) is 0.177. The fourth-order valence-corrected chi connectivity index (χ4v) is 4.14. The van der Waals surface area contributed by atoms with Gasteiger partial charge in [0.25, 0.3) is 0 Å². The average molecular weight is 468 g/mol. The number of esters is 1. The lowest BCUT2D eigenvalue weighted by molar-refractivity contribution is -0.671. The van der Waals surface area contributed by atoms with Crippen molar-refractivity contribution in [3.63, 3.8) is 0 Å². The third kappa shape index (κ3) is 8.19. The highest BCUT2D eigenvalue weighted by Gasteiger charge is 2.13. The maximum absolute atomic E-state index is 12.0. The molecule has 0 amide bonds. The van der Waals surface area contributed by atoms with Gasteiger partial charge in [-0.25, -0.2) is 9.36 Å². The molecular weight excluding hydrogens is 424 g/mol. The first-order valence-electron chi connectivity index (χ1n) is 12.1. The van der Waals surface area contributed by atoms with Crippen molar-refractivity contribution in [1.82, 2.24) is 4.57 Å². The third-order valence-electron chi connectivity index (χ3n) is 5.69. The van der Waals surface area contributed by atoms with Gasteiger partial charge in [-0.1, -0.05) is 33.1 Å². The number of fused-ring (bicyclic) bond motifs is 1. The van der Waals surface area contributed by atoms with Crippen LogP contribution in [-0.2, 0) is 18.3 Å². The van der Waals surface area contributed by atoms with Crippen LogP contribution >= 0.6 is 0 Å². The molecule has 5 heteroatoms. The molecule has 0 fully saturated rings. The monoisotopic (exact) mass is 467 g/mol. The number of carbonyl (C=O) groups excluding carboxylic acids is 1. The first-order chi connectivity index (χ1) is 15.7. The fraction of sp³-hybridized carbons (Fsp3) is 0.517. The van der Waals surface area contributed by atoms with Crippen LogP contribution in [-0.4, -0.2) is 22.7 Å². The molecule has 2 heterocycles. The van der Waals surface area contributed by atoms with Crippen LogP contribution in [0, 0.1) is 6.92 Å². The lowest BCUT2D eigenvalue weighted by Gasteiger charge is -2.21. The van der Waals surface area contributed by atoms with Gasteiger partial charge < -0.3 is 14.0 Å². The van der Waals surface area contributed by atoms with Crippen LogP contribution in [0.3, 0.4) is 0 Å². The number of carbonyl (C=O) groups is 1. The maximum atomic E-state index is 12.0. The number of hydrogen-bond donors (Lipinski definition) is 0. The van der Waals surface area contributed by atoms with E-state index in [0.717, 1.165) is 25.1 Å². The van der Waals surface area contributed by atoms with E-state index in [2.05, 4.69) is 56.5 Å². The molecule has 186 valence electrons. The van der Waals surface area contributed by atoms with E-state index >= 15 is 0 Å². The van der Waals surface area contributed by atoms with Crippen LogP contribution in [0.15, 0.2) is 48.8 Å². The summed E-state index contributed by atoms with van der Waals surface area (Å²) in [6.45, 7) is 9.94. The van der Waals surface area contributed by atoms with E-state index < -0.39 is 0 Å². The first-order valence-corrected chi connectivity index (χ1v) is 12.1. The second-order valence-corrected chi connectivity index (χ2v) is 9.89. The van der Waals surface area contributed by atoms with Crippen LogP contribution in [0.25, 0.3) is 10.9 Å². The number of rotatable bonds is 11. The predicted molar refractivity (Wildman–Crippen MR) is 139 cm³/mol. The Bertz CT molecular complexity index is 1060. The molecule has 0 aliphatic carbocycles. The van der Waals surface area contributed by atoms with E-state index in [1.165, 1.54) is 42.3 Å². The number of nitrogens with zero attached hydrogens (tertiary/aromatic N) is 2. The highest BCUT2D eigenvalue weighted by Crippen LogP contribution is 2.27. The molecule has 0 spiro atoms. The van der Waals surface area contributed by atoms with Crippen LogP contribution in [0.5, 0.6) is 5.75 Å². The second-order valence-electron chi connectivity index (χ2n) is 9.89. The van der Waals surface area contributed by atoms with Crippen LogP contribution < -0.4 is 9.30 Å². The normalized spacial score (nSPS) is 11.3. The van der Waals surface area contributed by atoms with E-state index in [1.807, 2.05) is 23.9 Å². The molecule has 0 atom stereocenters. The Morgan fingerprint density at radius 3 is 2.41 bits per heavy atom. The zero-order valence-corrected chi connectivity index (χ0v) is 20.9. The number of aromatic nitrogens is 2. The summed E-state index contributed by atoms with van der Waals surface area (Å²) in [6.07, 6.45) is 10.5. The van der Waals surface area contributed by atoms with Gasteiger partial charge >= 0.3 is 5.97 Å². The van der Waals surface area contributed by atoms with E-state index in [1.54, 1.807) is 12.3 Å².